The van der Waals surface area contributed by atoms with Crippen LogP contribution in [0.2, 0.25) is 0 Å². The quantitative estimate of drug-likeness (QED) is 0.863. The molecule has 0 amide bonds. The number of hydrogen-bond acceptors (Lipinski definition) is 2. The molecule has 0 atom stereocenters. The van der Waals surface area contributed by atoms with Crippen molar-refractivity contribution in [1.29, 1.82) is 0 Å². The van der Waals surface area contributed by atoms with Gasteiger partial charge in [-0.3, -0.25) is 0 Å². The first-order chi connectivity index (χ1) is 7.70. The van der Waals surface area contributed by atoms with Gasteiger partial charge in [0.25, 0.3) is 0 Å². The number of aromatic nitrogens is 2. The van der Waals surface area contributed by atoms with E-state index in [1.54, 1.807) is 10.8 Å². The van der Waals surface area contributed by atoms with Crippen LogP contribution in [0, 0.1) is 11.6 Å². The molecule has 1 aromatic heterocycles. The molecule has 0 bridgehead atoms. The standard InChI is InChI=1S/C11H10F2N2O/c12-9-5-8(6-10(13)7-9)11-14-1-2-15(11)3-4-16/h1-2,5-7,16H,3-4H2. The Bertz CT molecular complexity index is 476. The van der Waals surface area contributed by atoms with Crippen molar-refractivity contribution in [3.8, 4) is 11.4 Å². The molecule has 1 heterocycles. The lowest BCUT2D eigenvalue weighted by Gasteiger charge is -2.06. The van der Waals surface area contributed by atoms with Gasteiger partial charge in [0.1, 0.15) is 17.5 Å². The van der Waals surface area contributed by atoms with E-state index in [9.17, 15) is 8.78 Å². The van der Waals surface area contributed by atoms with Crippen LogP contribution in [0.1, 0.15) is 0 Å². The summed E-state index contributed by atoms with van der Waals surface area (Å²) < 4.78 is 27.7. The van der Waals surface area contributed by atoms with Crippen molar-refractivity contribution < 1.29 is 13.9 Å². The lowest BCUT2D eigenvalue weighted by Crippen LogP contribution is -2.03. The van der Waals surface area contributed by atoms with Crippen molar-refractivity contribution in [3.05, 3.63) is 42.2 Å². The number of benzene rings is 1. The van der Waals surface area contributed by atoms with Crippen molar-refractivity contribution in [2.45, 2.75) is 6.54 Å². The highest BCUT2D eigenvalue weighted by atomic mass is 19.1. The van der Waals surface area contributed by atoms with E-state index in [4.69, 9.17) is 5.11 Å². The van der Waals surface area contributed by atoms with Gasteiger partial charge in [-0.2, -0.15) is 0 Å². The summed E-state index contributed by atoms with van der Waals surface area (Å²) in [5, 5.41) is 8.82. The van der Waals surface area contributed by atoms with E-state index in [0.29, 0.717) is 17.9 Å². The van der Waals surface area contributed by atoms with Crippen molar-refractivity contribution in [3.63, 3.8) is 0 Å². The summed E-state index contributed by atoms with van der Waals surface area (Å²) in [5.74, 6) is -0.852. The summed E-state index contributed by atoms with van der Waals surface area (Å²) in [7, 11) is 0. The molecule has 0 fully saturated rings. The van der Waals surface area contributed by atoms with Crippen molar-refractivity contribution in [1.82, 2.24) is 9.55 Å². The van der Waals surface area contributed by atoms with E-state index >= 15 is 0 Å². The van der Waals surface area contributed by atoms with Gasteiger partial charge in [-0.25, -0.2) is 13.8 Å². The molecule has 5 heteroatoms. The number of hydrogen-bond donors (Lipinski definition) is 1. The Morgan fingerprint density at radius 2 is 1.88 bits per heavy atom. The average molecular weight is 224 g/mol. The molecular formula is C11H10F2N2O. The maximum Gasteiger partial charge on any atom is 0.140 e. The fourth-order valence-electron chi connectivity index (χ4n) is 1.54. The molecule has 1 N–H and O–H groups in total. The maximum absolute atomic E-state index is 13.0. The molecule has 3 nitrogen and oxygen atoms in total. The Morgan fingerprint density at radius 3 is 2.50 bits per heavy atom. The summed E-state index contributed by atoms with van der Waals surface area (Å²) in [4.78, 5) is 4.01. The van der Waals surface area contributed by atoms with Gasteiger partial charge in [0, 0.05) is 30.6 Å². The van der Waals surface area contributed by atoms with E-state index in [2.05, 4.69) is 4.98 Å². The summed E-state index contributed by atoms with van der Waals surface area (Å²) in [6.45, 7) is 0.286. The maximum atomic E-state index is 13.0. The van der Waals surface area contributed by atoms with Crippen LogP contribution in [-0.2, 0) is 6.54 Å². The molecule has 16 heavy (non-hydrogen) atoms. The highest BCUT2D eigenvalue weighted by molar-refractivity contribution is 5.55. The third-order valence-electron chi connectivity index (χ3n) is 2.18. The zero-order valence-electron chi connectivity index (χ0n) is 8.40. The topological polar surface area (TPSA) is 38.0 Å². The number of aliphatic hydroxyl groups is 1. The number of rotatable bonds is 3. The van der Waals surface area contributed by atoms with E-state index in [1.807, 2.05) is 0 Å². The van der Waals surface area contributed by atoms with Crippen LogP contribution in [0.5, 0.6) is 0 Å². The minimum absolute atomic E-state index is 0.0544. The summed E-state index contributed by atoms with van der Waals surface area (Å²) in [6.07, 6.45) is 3.17. The number of halogens is 2. The predicted octanol–water partition coefficient (Wildman–Crippen LogP) is 1.82. The van der Waals surface area contributed by atoms with Crippen molar-refractivity contribution >= 4 is 0 Å². The van der Waals surface area contributed by atoms with Gasteiger partial charge in [0.2, 0.25) is 0 Å². The molecule has 1 aromatic carbocycles. The number of aliphatic hydroxyl groups excluding tert-OH is 1. The Kier molecular flexibility index (Phi) is 2.96. The minimum atomic E-state index is -0.645. The molecule has 0 aliphatic rings. The third kappa shape index (κ3) is 2.09. The number of nitrogens with zero attached hydrogens (tertiary/aromatic N) is 2. The predicted molar refractivity (Wildman–Crippen MR) is 54.7 cm³/mol. The highest BCUT2D eigenvalue weighted by Crippen LogP contribution is 2.19. The van der Waals surface area contributed by atoms with E-state index in [1.165, 1.54) is 18.3 Å². The van der Waals surface area contributed by atoms with E-state index in [-0.39, 0.29) is 6.61 Å². The first kappa shape index (κ1) is 10.8. The lowest BCUT2D eigenvalue weighted by atomic mass is 10.2. The van der Waals surface area contributed by atoms with Crippen LogP contribution in [0.15, 0.2) is 30.6 Å². The molecule has 0 unspecified atom stereocenters. The first-order valence-corrected chi connectivity index (χ1v) is 4.79. The van der Waals surface area contributed by atoms with Crippen molar-refractivity contribution in [2.75, 3.05) is 6.61 Å². The highest BCUT2D eigenvalue weighted by Gasteiger charge is 2.08. The Balaban J connectivity index is 2.45. The van der Waals surface area contributed by atoms with Crippen LogP contribution >= 0.6 is 0 Å². The zero-order valence-corrected chi connectivity index (χ0v) is 8.40. The molecule has 0 aliphatic carbocycles. The molecule has 0 saturated heterocycles. The third-order valence-corrected chi connectivity index (χ3v) is 2.18. The molecular weight excluding hydrogens is 214 g/mol. The second-order valence-corrected chi connectivity index (χ2v) is 3.33. The molecule has 2 aromatic rings. The Hall–Kier alpha value is -1.75. The van der Waals surface area contributed by atoms with Gasteiger partial charge >= 0.3 is 0 Å². The average Bonchev–Trinajstić information content (AvgIpc) is 2.65. The van der Waals surface area contributed by atoms with Gasteiger partial charge in [-0.15, -0.1) is 0 Å². The van der Waals surface area contributed by atoms with Gasteiger partial charge in [-0.1, -0.05) is 0 Å². The fraction of sp³-hybridized carbons (Fsp3) is 0.182. The summed E-state index contributed by atoms with van der Waals surface area (Å²) in [5.41, 5.74) is 0.357. The second kappa shape index (κ2) is 4.40. The molecule has 0 saturated carbocycles. The first-order valence-electron chi connectivity index (χ1n) is 4.79. The van der Waals surface area contributed by atoms with Gasteiger partial charge in [-0.05, 0) is 12.1 Å². The Labute approximate surface area is 91.0 Å². The number of imidazole rings is 1. The zero-order chi connectivity index (χ0) is 11.5. The Morgan fingerprint density at radius 1 is 1.19 bits per heavy atom. The van der Waals surface area contributed by atoms with Gasteiger partial charge in [0.15, 0.2) is 0 Å². The lowest BCUT2D eigenvalue weighted by molar-refractivity contribution is 0.276. The van der Waals surface area contributed by atoms with Crippen LogP contribution < -0.4 is 0 Å². The molecule has 0 aliphatic heterocycles. The van der Waals surface area contributed by atoms with Gasteiger partial charge < -0.3 is 9.67 Å². The molecule has 0 radical (unpaired) electrons. The molecule has 84 valence electrons. The summed E-state index contributed by atoms with van der Waals surface area (Å²) in [6, 6.07) is 3.22. The largest absolute Gasteiger partial charge is 0.395 e. The molecule has 0 spiro atoms. The minimum Gasteiger partial charge on any atom is -0.395 e. The van der Waals surface area contributed by atoms with Gasteiger partial charge in [0.05, 0.1) is 6.61 Å². The monoisotopic (exact) mass is 224 g/mol. The van der Waals surface area contributed by atoms with Crippen LogP contribution in [0.4, 0.5) is 8.78 Å². The second-order valence-electron chi connectivity index (χ2n) is 3.33. The summed E-state index contributed by atoms with van der Waals surface area (Å²) >= 11 is 0. The smallest absolute Gasteiger partial charge is 0.140 e. The molecule has 2 rings (SSSR count). The normalized spacial score (nSPS) is 10.7. The SMILES string of the molecule is OCCn1ccnc1-c1cc(F)cc(F)c1. The van der Waals surface area contributed by atoms with E-state index < -0.39 is 11.6 Å². The van der Waals surface area contributed by atoms with Crippen LogP contribution in [0.25, 0.3) is 11.4 Å². The van der Waals surface area contributed by atoms with Crippen molar-refractivity contribution in [2.24, 2.45) is 0 Å². The van der Waals surface area contributed by atoms with E-state index in [0.717, 1.165) is 6.07 Å². The fourth-order valence-corrected chi connectivity index (χ4v) is 1.54. The van der Waals surface area contributed by atoms with Crippen LogP contribution in [-0.4, -0.2) is 21.3 Å². The van der Waals surface area contributed by atoms with Crippen LogP contribution in [0.3, 0.4) is 0 Å².